The summed E-state index contributed by atoms with van der Waals surface area (Å²) in [4.78, 5) is 7.97. The van der Waals surface area contributed by atoms with E-state index in [-0.39, 0.29) is 11.4 Å². The number of hydrogen-bond acceptors (Lipinski definition) is 4. The number of methoxy groups -OCH3 is 2. The highest BCUT2D eigenvalue weighted by Gasteiger charge is 2.16. The third-order valence-corrected chi connectivity index (χ3v) is 2.59. The highest BCUT2D eigenvalue weighted by molar-refractivity contribution is 5.55. The van der Waals surface area contributed by atoms with Crippen LogP contribution in [0.25, 0.3) is 11.4 Å². The minimum absolute atomic E-state index is 0.0224. The maximum atomic E-state index is 13.2. The quantitative estimate of drug-likeness (QED) is 0.639. The summed E-state index contributed by atoms with van der Waals surface area (Å²) in [5.41, 5.74) is 0.402. The van der Waals surface area contributed by atoms with E-state index in [0.717, 1.165) is 12.1 Å². The molecule has 0 N–H and O–H groups in total. The van der Waals surface area contributed by atoms with Gasteiger partial charge in [0.05, 0.1) is 0 Å². The fourth-order valence-corrected chi connectivity index (χ4v) is 1.67. The summed E-state index contributed by atoms with van der Waals surface area (Å²) in [6, 6.07) is 3.19. The lowest BCUT2D eigenvalue weighted by Gasteiger charge is -2.13. The summed E-state index contributed by atoms with van der Waals surface area (Å²) in [7, 11) is 2.85. The molecule has 20 heavy (non-hydrogen) atoms. The Morgan fingerprint density at radius 2 is 1.65 bits per heavy atom. The Morgan fingerprint density at radius 1 is 1.05 bits per heavy atom. The summed E-state index contributed by atoms with van der Waals surface area (Å²) in [6.07, 6.45) is 0.661. The van der Waals surface area contributed by atoms with Crippen molar-refractivity contribution in [1.82, 2.24) is 9.97 Å². The standard InChI is InChI=1S/C13H11F3N2O2/c1-19-13(20-2)10-3-4-17-12(18-10)7-5-8(14)11(16)9(15)6-7/h3-6,13H,1-2H3. The number of ether oxygens (including phenoxy) is 2. The van der Waals surface area contributed by atoms with Gasteiger partial charge in [-0.1, -0.05) is 0 Å². The van der Waals surface area contributed by atoms with Crippen LogP contribution < -0.4 is 0 Å². The molecular formula is C13H11F3N2O2. The molecule has 0 atom stereocenters. The third-order valence-electron chi connectivity index (χ3n) is 2.59. The van der Waals surface area contributed by atoms with Crippen LogP contribution in [0, 0.1) is 17.5 Å². The zero-order valence-corrected chi connectivity index (χ0v) is 10.7. The Balaban J connectivity index is 2.46. The fraction of sp³-hybridized carbons (Fsp3) is 0.231. The first-order valence-electron chi connectivity index (χ1n) is 5.60. The molecule has 1 aromatic carbocycles. The number of halogens is 3. The van der Waals surface area contributed by atoms with Crippen LogP contribution >= 0.6 is 0 Å². The normalized spacial score (nSPS) is 11.1. The summed E-state index contributed by atoms with van der Waals surface area (Å²) in [6.45, 7) is 0. The van der Waals surface area contributed by atoms with Gasteiger partial charge in [0.25, 0.3) is 0 Å². The molecule has 0 bridgehead atoms. The minimum atomic E-state index is -1.53. The van der Waals surface area contributed by atoms with Crippen molar-refractivity contribution in [1.29, 1.82) is 0 Å². The van der Waals surface area contributed by atoms with Crippen molar-refractivity contribution in [3.05, 3.63) is 47.5 Å². The van der Waals surface area contributed by atoms with E-state index < -0.39 is 23.7 Å². The van der Waals surface area contributed by atoms with Gasteiger partial charge in [0.2, 0.25) is 6.29 Å². The van der Waals surface area contributed by atoms with E-state index in [1.165, 1.54) is 26.5 Å². The molecule has 1 aromatic heterocycles. The molecule has 7 heteroatoms. The first-order chi connectivity index (χ1) is 9.56. The van der Waals surface area contributed by atoms with E-state index in [0.29, 0.717) is 5.69 Å². The zero-order chi connectivity index (χ0) is 14.7. The van der Waals surface area contributed by atoms with E-state index in [9.17, 15) is 13.2 Å². The van der Waals surface area contributed by atoms with Crippen molar-refractivity contribution in [3.63, 3.8) is 0 Å². The van der Waals surface area contributed by atoms with Gasteiger partial charge in [-0.2, -0.15) is 0 Å². The highest BCUT2D eigenvalue weighted by Crippen LogP contribution is 2.22. The van der Waals surface area contributed by atoms with E-state index in [1.54, 1.807) is 0 Å². The predicted molar refractivity (Wildman–Crippen MR) is 64.1 cm³/mol. The first-order valence-corrected chi connectivity index (χ1v) is 5.60. The van der Waals surface area contributed by atoms with Crippen LogP contribution in [0.2, 0.25) is 0 Å². The Bertz CT molecular complexity index is 595. The van der Waals surface area contributed by atoms with E-state index in [4.69, 9.17) is 9.47 Å². The van der Waals surface area contributed by atoms with Gasteiger partial charge in [0, 0.05) is 26.0 Å². The molecule has 1 heterocycles. The van der Waals surface area contributed by atoms with Gasteiger partial charge in [0.1, 0.15) is 5.69 Å². The summed E-state index contributed by atoms with van der Waals surface area (Å²) in [5, 5.41) is 0. The highest BCUT2D eigenvalue weighted by atomic mass is 19.2. The molecule has 0 saturated heterocycles. The molecule has 2 rings (SSSR count). The van der Waals surface area contributed by atoms with Crippen molar-refractivity contribution in [2.45, 2.75) is 6.29 Å². The second kappa shape index (κ2) is 5.98. The van der Waals surface area contributed by atoms with E-state index >= 15 is 0 Å². The second-order valence-corrected chi connectivity index (χ2v) is 3.86. The van der Waals surface area contributed by atoms with Gasteiger partial charge >= 0.3 is 0 Å². The summed E-state index contributed by atoms with van der Waals surface area (Å²) in [5.74, 6) is -4.09. The van der Waals surface area contributed by atoms with Gasteiger partial charge < -0.3 is 9.47 Å². The molecule has 0 aliphatic heterocycles. The van der Waals surface area contributed by atoms with Crippen molar-refractivity contribution in [2.75, 3.05) is 14.2 Å². The Hall–Kier alpha value is -1.99. The third kappa shape index (κ3) is 2.78. The second-order valence-electron chi connectivity index (χ2n) is 3.86. The van der Waals surface area contributed by atoms with Crippen LogP contribution in [0.5, 0.6) is 0 Å². The molecule has 0 unspecified atom stereocenters. The molecule has 0 saturated carbocycles. The van der Waals surface area contributed by atoms with Gasteiger partial charge in [-0.05, 0) is 18.2 Å². The molecule has 0 aliphatic rings. The van der Waals surface area contributed by atoms with E-state index in [1.807, 2.05) is 0 Å². The SMILES string of the molecule is COC(OC)c1ccnc(-c2cc(F)c(F)c(F)c2)n1. The summed E-state index contributed by atoms with van der Waals surface area (Å²) >= 11 is 0. The Labute approximate surface area is 113 Å². The Morgan fingerprint density at radius 3 is 2.20 bits per heavy atom. The van der Waals surface area contributed by atoms with Crippen LogP contribution in [0.4, 0.5) is 13.2 Å². The summed E-state index contributed by atoms with van der Waals surface area (Å²) < 4.78 is 49.4. The number of nitrogens with zero attached hydrogens (tertiary/aromatic N) is 2. The number of benzene rings is 1. The molecule has 0 aliphatic carbocycles. The number of rotatable bonds is 4. The van der Waals surface area contributed by atoms with Crippen LogP contribution in [-0.4, -0.2) is 24.2 Å². The van der Waals surface area contributed by atoms with Crippen LogP contribution in [0.3, 0.4) is 0 Å². The monoisotopic (exact) mass is 284 g/mol. The van der Waals surface area contributed by atoms with E-state index in [2.05, 4.69) is 9.97 Å². The molecular weight excluding hydrogens is 273 g/mol. The molecule has 106 valence electrons. The van der Waals surface area contributed by atoms with Crippen molar-refractivity contribution in [3.8, 4) is 11.4 Å². The fourth-order valence-electron chi connectivity index (χ4n) is 1.67. The molecule has 4 nitrogen and oxygen atoms in total. The smallest absolute Gasteiger partial charge is 0.200 e. The van der Waals surface area contributed by atoms with Gasteiger partial charge in [-0.15, -0.1) is 0 Å². The number of hydrogen-bond donors (Lipinski definition) is 0. The Kier molecular flexibility index (Phi) is 4.31. The lowest BCUT2D eigenvalue weighted by molar-refractivity contribution is -0.108. The average molecular weight is 284 g/mol. The van der Waals surface area contributed by atoms with Crippen molar-refractivity contribution >= 4 is 0 Å². The first kappa shape index (κ1) is 14.4. The predicted octanol–water partition coefficient (Wildman–Crippen LogP) is 2.85. The van der Waals surface area contributed by atoms with Crippen molar-refractivity contribution in [2.24, 2.45) is 0 Å². The maximum Gasteiger partial charge on any atom is 0.200 e. The minimum Gasteiger partial charge on any atom is -0.350 e. The van der Waals surface area contributed by atoms with Gasteiger partial charge in [-0.25, -0.2) is 23.1 Å². The average Bonchev–Trinajstić information content (AvgIpc) is 2.46. The van der Waals surface area contributed by atoms with Crippen LogP contribution in [-0.2, 0) is 9.47 Å². The van der Waals surface area contributed by atoms with Crippen molar-refractivity contribution < 1.29 is 22.6 Å². The topological polar surface area (TPSA) is 44.2 Å². The van der Waals surface area contributed by atoms with Gasteiger partial charge in [0.15, 0.2) is 23.3 Å². The molecule has 0 radical (unpaired) electrons. The molecule has 2 aromatic rings. The molecule has 0 spiro atoms. The van der Waals surface area contributed by atoms with Crippen LogP contribution in [0.1, 0.15) is 12.0 Å². The number of aromatic nitrogens is 2. The lowest BCUT2D eigenvalue weighted by atomic mass is 10.2. The van der Waals surface area contributed by atoms with Crippen LogP contribution in [0.15, 0.2) is 24.4 Å². The van der Waals surface area contributed by atoms with Gasteiger partial charge in [-0.3, -0.25) is 0 Å². The largest absolute Gasteiger partial charge is 0.350 e. The zero-order valence-electron chi connectivity index (χ0n) is 10.7. The maximum absolute atomic E-state index is 13.2. The molecule has 0 amide bonds. The lowest BCUT2D eigenvalue weighted by Crippen LogP contribution is -2.07. The molecule has 0 fully saturated rings.